The van der Waals surface area contributed by atoms with Crippen LogP contribution < -0.4 is 0 Å². The quantitative estimate of drug-likeness (QED) is 0.0211. The van der Waals surface area contributed by atoms with Crippen LogP contribution >= 0.6 is 7.82 Å². The van der Waals surface area contributed by atoms with Gasteiger partial charge in [-0.25, -0.2) is 4.57 Å². The van der Waals surface area contributed by atoms with E-state index in [9.17, 15) is 19.0 Å². The fraction of sp³-hybridized carbons (Fsp3) is 0.789. The molecule has 0 aliphatic rings. The molecule has 0 bridgehead atoms. The average Bonchev–Trinajstić information content (AvgIpc) is 3.70. The zero-order valence-corrected chi connectivity index (χ0v) is 57.9. The normalized spacial score (nSPS) is 13.6. The Hall–Kier alpha value is -2.81. The lowest BCUT2D eigenvalue weighted by atomic mass is 10.0. The summed E-state index contributed by atoms with van der Waals surface area (Å²) in [6.45, 7) is 4.36. The van der Waals surface area contributed by atoms with Crippen LogP contribution in [0.15, 0.2) is 85.1 Å². The molecule has 10 heteroatoms. The van der Waals surface area contributed by atoms with Gasteiger partial charge in [0.1, 0.15) is 19.8 Å². The van der Waals surface area contributed by atoms with E-state index in [2.05, 4.69) is 98.9 Å². The molecular weight excluding hydrogens is 1090 g/mol. The van der Waals surface area contributed by atoms with Crippen LogP contribution in [0.4, 0.5) is 0 Å². The van der Waals surface area contributed by atoms with Crippen molar-refractivity contribution >= 4 is 19.8 Å². The van der Waals surface area contributed by atoms with Crippen LogP contribution in [0.2, 0.25) is 0 Å². The number of phosphoric ester groups is 1. The summed E-state index contributed by atoms with van der Waals surface area (Å²) >= 11 is 0. The van der Waals surface area contributed by atoms with Gasteiger partial charge in [0, 0.05) is 12.8 Å². The fourth-order valence-electron chi connectivity index (χ4n) is 10.4. The Kier molecular flexibility index (Phi) is 64.4. The number of ether oxygens (including phenoxy) is 2. The summed E-state index contributed by atoms with van der Waals surface area (Å²) in [7, 11) is 1.49. The van der Waals surface area contributed by atoms with E-state index in [0.717, 1.165) is 70.6 Å². The van der Waals surface area contributed by atoms with Gasteiger partial charge in [-0.15, -0.1) is 0 Å². The zero-order chi connectivity index (χ0) is 62.6. The average molecular weight is 1230 g/mol. The molecule has 86 heavy (non-hydrogen) atoms. The van der Waals surface area contributed by atoms with Crippen molar-refractivity contribution in [3.8, 4) is 0 Å². The molecule has 0 heterocycles. The molecule has 0 aliphatic heterocycles. The van der Waals surface area contributed by atoms with Gasteiger partial charge < -0.3 is 18.9 Å². The fourth-order valence-corrected chi connectivity index (χ4v) is 11.1. The Morgan fingerprint density at radius 1 is 0.372 bits per heavy atom. The number of hydrogen-bond acceptors (Lipinski definition) is 7. The third kappa shape index (κ3) is 70.3. The van der Waals surface area contributed by atoms with E-state index in [4.69, 9.17) is 18.5 Å². The number of rotatable bonds is 67. The van der Waals surface area contributed by atoms with Crippen LogP contribution in [0.25, 0.3) is 0 Å². The summed E-state index contributed by atoms with van der Waals surface area (Å²) in [5, 5.41) is 0. The molecule has 0 aromatic heterocycles. The second-order valence-corrected chi connectivity index (χ2v) is 27.0. The summed E-state index contributed by atoms with van der Waals surface area (Å²) in [6, 6.07) is 0. The molecule has 1 N–H and O–H groups in total. The summed E-state index contributed by atoms with van der Waals surface area (Å²) in [6.07, 6.45) is 91.3. The summed E-state index contributed by atoms with van der Waals surface area (Å²) in [5.41, 5.74) is 0. The number of quaternary nitrogens is 1. The van der Waals surface area contributed by atoms with Crippen LogP contribution in [-0.4, -0.2) is 74.9 Å². The molecule has 2 atom stereocenters. The van der Waals surface area contributed by atoms with Crippen LogP contribution in [0.5, 0.6) is 0 Å². The molecule has 2 unspecified atom stereocenters. The first-order valence-corrected chi connectivity index (χ1v) is 37.8. The van der Waals surface area contributed by atoms with Gasteiger partial charge in [-0.3, -0.25) is 18.6 Å². The lowest BCUT2D eigenvalue weighted by Crippen LogP contribution is -2.37. The third-order valence-electron chi connectivity index (χ3n) is 15.9. The zero-order valence-electron chi connectivity index (χ0n) is 57.0. The number of esters is 2. The number of phosphoric acid groups is 1. The Morgan fingerprint density at radius 3 is 1.00 bits per heavy atom. The lowest BCUT2D eigenvalue weighted by Gasteiger charge is -2.24. The molecule has 500 valence electrons. The largest absolute Gasteiger partial charge is 0.472 e. The van der Waals surface area contributed by atoms with Gasteiger partial charge in [0.15, 0.2) is 6.10 Å². The molecule has 0 amide bonds. The van der Waals surface area contributed by atoms with Crippen molar-refractivity contribution in [1.82, 2.24) is 0 Å². The van der Waals surface area contributed by atoms with E-state index in [-0.39, 0.29) is 32.0 Å². The van der Waals surface area contributed by atoms with Crippen molar-refractivity contribution in [2.45, 2.75) is 341 Å². The van der Waals surface area contributed by atoms with E-state index in [1.165, 1.54) is 231 Å². The van der Waals surface area contributed by atoms with Gasteiger partial charge in [0.25, 0.3) is 0 Å². The number of allylic oxidation sites excluding steroid dienone is 14. The van der Waals surface area contributed by atoms with Gasteiger partial charge in [-0.2, -0.15) is 0 Å². The predicted octanol–water partition coefficient (Wildman–Crippen LogP) is 23.7. The number of carbonyl (C=O) groups excluding carboxylic acids is 2. The maximum absolute atomic E-state index is 12.9. The van der Waals surface area contributed by atoms with E-state index >= 15 is 0 Å². The van der Waals surface area contributed by atoms with Crippen LogP contribution in [0.1, 0.15) is 335 Å². The lowest BCUT2D eigenvalue weighted by molar-refractivity contribution is -0.870. The van der Waals surface area contributed by atoms with Gasteiger partial charge in [-0.1, -0.05) is 317 Å². The minimum Gasteiger partial charge on any atom is -0.462 e. The van der Waals surface area contributed by atoms with Crippen molar-refractivity contribution in [2.75, 3.05) is 47.5 Å². The second-order valence-electron chi connectivity index (χ2n) is 25.6. The number of carbonyl (C=O) groups is 2. The van der Waals surface area contributed by atoms with Crippen molar-refractivity contribution in [3.05, 3.63) is 85.1 Å². The maximum atomic E-state index is 12.9. The molecule has 0 radical (unpaired) electrons. The monoisotopic (exact) mass is 1230 g/mol. The highest BCUT2D eigenvalue weighted by molar-refractivity contribution is 7.47. The first-order chi connectivity index (χ1) is 42.0. The Morgan fingerprint density at radius 2 is 0.663 bits per heavy atom. The van der Waals surface area contributed by atoms with Gasteiger partial charge in [0.05, 0.1) is 27.7 Å². The minimum absolute atomic E-state index is 0.0318. The number of hydrogen-bond donors (Lipinski definition) is 1. The molecule has 0 rings (SSSR count). The van der Waals surface area contributed by atoms with Crippen molar-refractivity contribution in [3.63, 3.8) is 0 Å². The van der Waals surface area contributed by atoms with Crippen molar-refractivity contribution < 1.29 is 42.1 Å². The minimum atomic E-state index is -4.39. The molecule has 0 aromatic carbocycles. The second kappa shape index (κ2) is 66.6. The Balaban J connectivity index is 3.94. The maximum Gasteiger partial charge on any atom is 0.472 e. The first kappa shape index (κ1) is 83.2. The molecule has 0 aliphatic carbocycles. The number of likely N-dealkylation sites (N-methyl/N-ethyl adjacent to an activating group) is 1. The van der Waals surface area contributed by atoms with E-state index in [1.54, 1.807) is 0 Å². The first-order valence-electron chi connectivity index (χ1n) is 36.3. The van der Waals surface area contributed by atoms with Crippen LogP contribution in [0, 0.1) is 0 Å². The smallest absolute Gasteiger partial charge is 0.462 e. The van der Waals surface area contributed by atoms with E-state index in [1.807, 2.05) is 21.1 Å². The molecular formula is C76H139NO8P+. The van der Waals surface area contributed by atoms with Crippen LogP contribution in [-0.2, 0) is 32.7 Å². The third-order valence-corrected chi connectivity index (χ3v) is 16.9. The van der Waals surface area contributed by atoms with Gasteiger partial charge in [0.2, 0.25) is 0 Å². The predicted molar refractivity (Wildman–Crippen MR) is 372 cm³/mol. The summed E-state index contributed by atoms with van der Waals surface area (Å²) < 4.78 is 34.7. The van der Waals surface area contributed by atoms with Crippen molar-refractivity contribution in [2.24, 2.45) is 0 Å². The van der Waals surface area contributed by atoms with Crippen molar-refractivity contribution in [1.29, 1.82) is 0 Å². The molecule has 0 fully saturated rings. The van der Waals surface area contributed by atoms with Gasteiger partial charge >= 0.3 is 19.8 Å². The summed E-state index contributed by atoms with van der Waals surface area (Å²) in [4.78, 5) is 35.9. The number of unbranched alkanes of at least 4 members (excludes halogenated alkanes) is 39. The highest BCUT2D eigenvalue weighted by atomic mass is 31.2. The van der Waals surface area contributed by atoms with E-state index in [0.29, 0.717) is 17.4 Å². The molecule has 0 aromatic rings. The Bertz CT molecular complexity index is 1730. The topological polar surface area (TPSA) is 108 Å². The molecule has 0 spiro atoms. The summed E-state index contributed by atoms with van der Waals surface area (Å²) in [5.74, 6) is -0.785. The SMILES string of the molecule is CC/C=C\C/C=C\C/C=C\C/C=C\C/C=C\C/C=C\CCCCCCCCCCCCCCCCCCCCCCCCC(=O)OC(COC(=O)CCCCCCCCCCC/C=C\CCCCCCCCCC)COP(=O)(O)OCC[N+](C)(C)C. The Labute approximate surface area is 532 Å². The van der Waals surface area contributed by atoms with E-state index < -0.39 is 26.5 Å². The highest BCUT2D eigenvalue weighted by Gasteiger charge is 2.27. The molecule has 0 saturated carbocycles. The standard InChI is InChI=1S/C76H138NO8P/c1-6-8-10-12-14-16-18-20-22-24-26-28-29-30-31-32-33-34-35-36-37-38-39-40-41-42-43-44-45-46-47-49-51-53-55-57-59-61-63-65-67-69-76(79)85-74(73-84-86(80,81)83-71-70-77(3,4)5)72-82-75(78)68-66-64-62-60-58-56-54-52-50-48-27-25-23-21-19-17-15-13-11-9-7-2/h8,10,14,16,20,22,25-28,30-31,33-34,74H,6-7,9,11-13,15,17-19,21,23-24,29,32,35-73H2,1-5H3/p+1/b10-8-,16-14-,22-20-,27-25-,28-26-,31-30-,34-33-. The van der Waals surface area contributed by atoms with Crippen LogP contribution in [0.3, 0.4) is 0 Å². The number of nitrogens with zero attached hydrogens (tertiary/aromatic N) is 1. The molecule has 0 saturated heterocycles. The molecule has 9 nitrogen and oxygen atoms in total. The van der Waals surface area contributed by atoms with Gasteiger partial charge in [-0.05, 0) is 89.9 Å². The highest BCUT2D eigenvalue weighted by Crippen LogP contribution is 2.43.